The molecule has 1 saturated heterocycles. The van der Waals surface area contributed by atoms with Gasteiger partial charge in [0, 0.05) is 24.5 Å². The number of fused-ring (bicyclic) bond motifs is 2. The normalized spacial score (nSPS) is 17.3. The second-order valence-electron chi connectivity index (χ2n) is 8.74. The van der Waals surface area contributed by atoms with Gasteiger partial charge in [-0.05, 0) is 94.7 Å². The van der Waals surface area contributed by atoms with Crippen LogP contribution in [0.5, 0.6) is 0 Å². The maximum absolute atomic E-state index is 2.63. The van der Waals surface area contributed by atoms with E-state index in [2.05, 4.69) is 71.3 Å². The summed E-state index contributed by atoms with van der Waals surface area (Å²) in [5.41, 5.74) is 7.33. The minimum absolute atomic E-state index is 1.08. The van der Waals surface area contributed by atoms with Crippen molar-refractivity contribution in [1.29, 1.82) is 0 Å². The summed E-state index contributed by atoms with van der Waals surface area (Å²) in [4.78, 5) is 7.49. The number of hydrogen-bond acceptors (Lipinski definition) is 3. The van der Waals surface area contributed by atoms with Gasteiger partial charge >= 0.3 is 0 Å². The van der Waals surface area contributed by atoms with Crippen LogP contribution < -0.4 is 4.90 Å². The number of rotatable bonds is 6. The minimum Gasteiger partial charge on any atom is -0.341 e. The van der Waals surface area contributed by atoms with Crippen molar-refractivity contribution >= 4 is 11.4 Å². The van der Waals surface area contributed by atoms with E-state index in [1.165, 1.54) is 66.8 Å². The van der Waals surface area contributed by atoms with Gasteiger partial charge in [-0.3, -0.25) is 4.90 Å². The summed E-state index contributed by atoms with van der Waals surface area (Å²) in [6.07, 6.45) is 7.59. The van der Waals surface area contributed by atoms with Crippen LogP contribution in [-0.2, 0) is 19.4 Å². The molecule has 0 amide bonds. The van der Waals surface area contributed by atoms with Gasteiger partial charge in [-0.25, -0.2) is 0 Å². The molecule has 3 nitrogen and oxygen atoms in total. The standard InChI is InChI=1S/C25H35N3/c1-26(2)15-8-18-28-24-10-5-4-9-22(24)12-13-23-19-21(11-14-25(23)28)20-27-16-6-3-7-17-27/h4-5,9-11,14,19H,3,6-8,12-13,15-18,20H2,1-2H3. The van der Waals surface area contributed by atoms with Crippen LogP contribution >= 0.6 is 0 Å². The van der Waals surface area contributed by atoms with Gasteiger partial charge in [-0.2, -0.15) is 0 Å². The second kappa shape index (κ2) is 9.11. The quantitative estimate of drug-likeness (QED) is 0.712. The van der Waals surface area contributed by atoms with Crippen LogP contribution in [0.1, 0.15) is 42.4 Å². The Morgan fingerprint density at radius 3 is 2.43 bits per heavy atom. The zero-order valence-corrected chi connectivity index (χ0v) is 17.7. The van der Waals surface area contributed by atoms with Crippen molar-refractivity contribution in [2.24, 2.45) is 0 Å². The van der Waals surface area contributed by atoms with Crippen LogP contribution in [0.3, 0.4) is 0 Å². The molecular weight excluding hydrogens is 342 g/mol. The summed E-state index contributed by atoms with van der Waals surface area (Å²) in [5.74, 6) is 0. The van der Waals surface area contributed by atoms with E-state index in [4.69, 9.17) is 0 Å². The fourth-order valence-corrected chi connectivity index (χ4v) is 4.75. The molecule has 0 N–H and O–H groups in total. The van der Waals surface area contributed by atoms with E-state index in [-0.39, 0.29) is 0 Å². The van der Waals surface area contributed by atoms with Crippen LogP contribution in [0.4, 0.5) is 11.4 Å². The smallest absolute Gasteiger partial charge is 0.0443 e. The average molecular weight is 378 g/mol. The summed E-state index contributed by atoms with van der Waals surface area (Å²) >= 11 is 0. The van der Waals surface area contributed by atoms with Gasteiger partial charge in [0.05, 0.1) is 0 Å². The molecule has 0 bridgehead atoms. The van der Waals surface area contributed by atoms with Gasteiger partial charge in [0.15, 0.2) is 0 Å². The molecule has 2 aliphatic heterocycles. The summed E-state index contributed by atoms with van der Waals surface area (Å²) < 4.78 is 0. The van der Waals surface area contributed by atoms with E-state index < -0.39 is 0 Å². The van der Waals surface area contributed by atoms with Gasteiger partial charge in [0.2, 0.25) is 0 Å². The predicted molar refractivity (Wildman–Crippen MR) is 120 cm³/mol. The third-order valence-electron chi connectivity index (χ3n) is 6.22. The topological polar surface area (TPSA) is 9.72 Å². The first-order valence-electron chi connectivity index (χ1n) is 11.0. The van der Waals surface area contributed by atoms with Crippen molar-refractivity contribution in [3.05, 3.63) is 59.2 Å². The Morgan fingerprint density at radius 1 is 0.857 bits per heavy atom. The molecule has 2 aromatic rings. The SMILES string of the molecule is CN(C)CCCN1c2ccccc2CCc2cc(CN3CCCCC3)ccc21. The molecule has 2 aromatic carbocycles. The van der Waals surface area contributed by atoms with Crippen molar-refractivity contribution in [3.8, 4) is 0 Å². The monoisotopic (exact) mass is 377 g/mol. The van der Waals surface area contributed by atoms with Crippen LogP contribution in [-0.4, -0.2) is 50.1 Å². The van der Waals surface area contributed by atoms with Crippen molar-refractivity contribution < 1.29 is 0 Å². The van der Waals surface area contributed by atoms with E-state index in [9.17, 15) is 0 Å². The molecule has 28 heavy (non-hydrogen) atoms. The first-order chi connectivity index (χ1) is 13.7. The van der Waals surface area contributed by atoms with Gasteiger partial charge in [-0.1, -0.05) is 36.8 Å². The van der Waals surface area contributed by atoms with Crippen LogP contribution in [0.2, 0.25) is 0 Å². The van der Waals surface area contributed by atoms with Gasteiger partial charge in [0.25, 0.3) is 0 Å². The van der Waals surface area contributed by atoms with E-state index >= 15 is 0 Å². The number of benzene rings is 2. The number of hydrogen-bond donors (Lipinski definition) is 0. The maximum atomic E-state index is 2.63. The Balaban J connectivity index is 1.59. The number of para-hydroxylation sites is 1. The van der Waals surface area contributed by atoms with Crippen molar-refractivity contribution in [3.63, 3.8) is 0 Å². The van der Waals surface area contributed by atoms with Crippen molar-refractivity contribution in [2.45, 2.75) is 45.1 Å². The van der Waals surface area contributed by atoms with Gasteiger partial charge in [0.1, 0.15) is 0 Å². The van der Waals surface area contributed by atoms with Crippen molar-refractivity contribution in [2.75, 3.05) is 45.2 Å². The Morgan fingerprint density at radius 2 is 1.61 bits per heavy atom. The molecule has 0 spiro atoms. The molecule has 4 rings (SSSR count). The summed E-state index contributed by atoms with van der Waals surface area (Å²) in [6.45, 7) is 5.84. The molecule has 3 heteroatoms. The third-order valence-corrected chi connectivity index (χ3v) is 6.22. The molecule has 2 heterocycles. The molecule has 0 saturated carbocycles. The lowest BCUT2D eigenvalue weighted by Gasteiger charge is -2.29. The molecule has 1 fully saturated rings. The highest BCUT2D eigenvalue weighted by atomic mass is 15.2. The molecule has 0 aliphatic carbocycles. The highest BCUT2D eigenvalue weighted by molar-refractivity contribution is 5.71. The largest absolute Gasteiger partial charge is 0.341 e. The molecular formula is C25H35N3. The molecule has 0 unspecified atom stereocenters. The fourth-order valence-electron chi connectivity index (χ4n) is 4.75. The fraction of sp³-hybridized carbons (Fsp3) is 0.520. The van der Waals surface area contributed by atoms with Crippen LogP contribution in [0.15, 0.2) is 42.5 Å². The second-order valence-corrected chi connectivity index (χ2v) is 8.74. The highest BCUT2D eigenvalue weighted by Crippen LogP contribution is 2.36. The Bertz CT molecular complexity index is 777. The van der Waals surface area contributed by atoms with Crippen LogP contribution in [0, 0.1) is 0 Å². The number of nitrogens with zero attached hydrogens (tertiary/aromatic N) is 3. The average Bonchev–Trinajstić information content (AvgIpc) is 2.86. The van der Waals surface area contributed by atoms with E-state index in [0.717, 1.165) is 32.5 Å². The van der Waals surface area contributed by atoms with Crippen molar-refractivity contribution in [1.82, 2.24) is 9.80 Å². The summed E-state index contributed by atoms with van der Waals surface area (Å²) in [6, 6.07) is 16.3. The van der Waals surface area contributed by atoms with E-state index in [1.807, 2.05) is 0 Å². The zero-order valence-electron chi connectivity index (χ0n) is 17.7. The number of piperidine rings is 1. The molecule has 0 aromatic heterocycles. The number of anilines is 2. The minimum atomic E-state index is 1.08. The molecule has 0 atom stereocenters. The maximum Gasteiger partial charge on any atom is 0.0443 e. The van der Waals surface area contributed by atoms with Crippen LogP contribution in [0.25, 0.3) is 0 Å². The molecule has 2 aliphatic rings. The molecule has 150 valence electrons. The number of aryl methyl sites for hydroxylation is 2. The Labute approximate surface area is 171 Å². The lowest BCUT2D eigenvalue weighted by Crippen LogP contribution is -2.29. The highest BCUT2D eigenvalue weighted by Gasteiger charge is 2.21. The predicted octanol–water partition coefficient (Wildman–Crippen LogP) is 4.86. The lowest BCUT2D eigenvalue weighted by molar-refractivity contribution is 0.221. The van der Waals surface area contributed by atoms with E-state index in [0.29, 0.717) is 0 Å². The zero-order chi connectivity index (χ0) is 19.3. The van der Waals surface area contributed by atoms with Gasteiger partial charge in [-0.15, -0.1) is 0 Å². The third kappa shape index (κ3) is 4.59. The van der Waals surface area contributed by atoms with E-state index in [1.54, 1.807) is 0 Å². The first kappa shape index (κ1) is 19.5. The first-order valence-corrected chi connectivity index (χ1v) is 11.0. The molecule has 0 radical (unpaired) electrons. The number of likely N-dealkylation sites (tertiary alicyclic amines) is 1. The van der Waals surface area contributed by atoms with Gasteiger partial charge < -0.3 is 9.80 Å². The summed E-state index contributed by atoms with van der Waals surface area (Å²) in [7, 11) is 4.33. The lowest BCUT2D eigenvalue weighted by atomic mass is 10.0. The summed E-state index contributed by atoms with van der Waals surface area (Å²) in [5, 5.41) is 0. The Hall–Kier alpha value is -1.84. The Kier molecular flexibility index (Phi) is 6.33.